The molecule has 1 aliphatic heterocycles. The van der Waals surface area contributed by atoms with E-state index in [0.717, 1.165) is 73.7 Å². The second-order valence-electron chi connectivity index (χ2n) is 11.4. The third-order valence-electron chi connectivity index (χ3n) is 8.81. The van der Waals surface area contributed by atoms with Crippen LogP contribution in [0.1, 0.15) is 53.9 Å². The van der Waals surface area contributed by atoms with E-state index in [1.807, 2.05) is 35.2 Å². The Hall–Kier alpha value is -3.72. The Morgan fingerprint density at radius 1 is 0.977 bits per heavy atom. The summed E-state index contributed by atoms with van der Waals surface area (Å²) >= 11 is 7.69. The highest BCUT2D eigenvalue weighted by Crippen LogP contribution is 2.45. The Balaban J connectivity index is 1.41. The number of thiophene rings is 1. The number of morpholine rings is 1. The summed E-state index contributed by atoms with van der Waals surface area (Å²) in [6.07, 6.45) is 5.70. The van der Waals surface area contributed by atoms with Crippen LogP contribution in [-0.2, 0) is 16.1 Å². The summed E-state index contributed by atoms with van der Waals surface area (Å²) in [5.74, 6) is -0.630. The molecule has 0 atom stereocenters. The van der Waals surface area contributed by atoms with Gasteiger partial charge in [0.15, 0.2) is 0 Å². The molecule has 7 rings (SSSR count). The number of rotatable bonds is 6. The van der Waals surface area contributed by atoms with Gasteiger partial charge in [0.05, 0.1) is 50.4 Å². The second-order valence-corrected chi connectivity index (χ2v) is 13.1. The monoisotopic (exact) mass is 613 g/mol. The molecule has 4 heterocycles. The smallest absolute Gasteiger partial charge is 0.335 e. The van der Waals surface area contributed by atoms with Crippen LogP contribution in [-0.4, -0.2) is 57.7 Å². The zero-order valence-electron chi connectivity index (χ0n) is 23.7. The minimum atomic E-state index is -0.977. The summed E-state index contributed by atoms with van der Waals surface area (Å²) in [4.78, 5) is 33.5. The van der Waals surface area contributed by atoms with Crippen molar-refractivity contribution < 1.29 is 19.4 Å². The van der Waals surface area contributed by atoms with E-state index < -0.39 is 5.97 Å². The van der Waals surface area contributed by atoms with Crippen LogP contribution in [0.15, 0.2) is 60.7 Å². The number of fused-ring (bicyclic) bond motifs is 2. The van der Waals surface area contributed by atoms with Crippen molar-refractivity contribution in [1.82, 2.24) is 14.5 Å². The number of aromatic carboxylic acids is 1. The molecular weight excluding hydrogens is 582 g/mol. The SMILES string of the molecule is O=C(O)c1ccc2c(C3CCCCC3)c(-c3ccc4nc(-c5ccc(Cl)s5)ccc4c3)n(CC(=O)N3CCOCC3)c2c1. The fourth-order valence-electron chi connectivity index (χ4n) is 6.70. The van der Waals surface area contributed by atoms with Gasteiger partial charge < -0.3 is 19.3 Å². The van der Waals surface area contributed by atoms with Crippen LogP contribution in [0.4, 0.5) is 0 Å². The molecule has 0 radical (unpaired) electrons. The van der Waals surface area contributed by atoms with Gasteiger partial charge in [-0.25, -0.2) is 9.78 Å². The molecule has 1 N–H and O–H groups in total. The van der Waals surface area contributed by atoms with Crippen molar-refractivity contribution in [3.05, 3.63) is 76.1 Å². The topological polar surface area (TPSA) is 84.7 Å². The summed E-state index contributed by atoms with van der Waals surface area (Å²) in [5, 5.41) is 11.9. The van der Waals surface area contributed by atoms with Crippen LogP contribution in [0, 0.1) is 0 Å². The maximum Gasteiger partial charge on any atom is 0.335 e. The number of ether oxygens (including phenoxy) is 1. The molecule has 9 heteroatoms. The number of amides is 1. The Morgan fingerprint density at radius 2 is 1.79 bits per heavy atom. The van der Waals surface area contributed by atoms with Crippen LogP contribution in [0.5, 0.6) is 0 Å². The van der Waals surface area contributed by atoms with E-state index in [1.165, 1.54) is 23.3 Å². The average molecular weight is 614 g/mol. The number of benzene rings is 2. The number of carboxylic acid groups (broad SMARTS) is 1. The van der Waals surface area contributed by atoms with Gasteiger partial charge in [-0.2, -0.15) is 0 Å². The van der Waals surface area contributed by atoms with Crippen molar-refractivity contribution >= 4 is 56.6 Å². The molecule has 2 fully saturated rings. The van der Waals surface area contributed by atoms with E-state index in [-0.39, 0.29) is 18.0 Å². The Labute approximate surface area is 258 Å². The van der Waals surface area contributed by atoms with Crippen molar-refractivity contribution in [3.8, 4) is 21.8 Å². The van der Waals surface area contributed by atoms with Crippen molar-refractivity contribution in [2.45, 2.75) is 44.6 Å². The van der Waals surface area contributed by atoms with Crippen molar-refractivity contribution in [2.24, 2.45) is 0 Å². The van der Waals surface area contributed by atoms with E-state index in [0.29, 0.717) is 32.2 Å². The lowest BCUT2D eigenvalue weighted by molar-refractivity contribution is -0.135. The lowest BCUT2D eigenvalue weighted by atomic mass is 9.81. The zero-order valence-corrected chi connectivity index (χ0v) is 25.3. The fraction of sp³-hybridized carbons (Fsp3) is 0.324. The van der Waals surface area contributed by atoms with Crippen LogP contribution >= 0.6 is 22.9 Å². The summed E-state index contributed by atoms with van der Waals surface area (Å²) < 4.78 is 8.29. The largest absolute Gasteiger partial charge is 0.478 e. The molecule has 1 amide bonds. The van der Waals surface area contributed by atoms with Gasteiger partial charge in [0.1, 0.15) is 6.54 Å². The minimum absolute atomic E-state index is 0.0130. The molecule has 43 heavy (non-hydrogen) atoms. The molecule has 7 nitrogen and oxygen atoms in total. The minimum Gasteiger partial charge on any atom is -0.478 e. The van der Waals surface area contributed by atoms with Crippen LogP contribution < -0.4 is 0 Å². The first-order valence-electron chi connectivity index (χ1n) is 14.9. The van der Waals surface area contributed by atoms with E-state index in [2.05, 4.69) is 22.8 Å². The van der Waals surface area contributed by atoms with Crippen LogP contribution in [0.2, 0.25) is 4.34 Å². The standard InChI is InChI=1S/C34H32ClN3O4S/c35-30-13-12-29(43-30)27-11-7-22-18-23(8-10-26(22)36-27)33-32(21-4-2-1-3-5-21)25-9-6-24(34(40)41)19-28(25)38(33)20-31(39)37-14-16-42-17-15-37/h6-13,18-19,21H,1-5,14-17,20H2,(H,40,41). The van der Waals surface area contributed by atoms with E-state index in [1.54, 1.807) is 12.1 Å². The lowest BCUT2D eigenvalue weighted by Gasteiger charge is -2.28. The molecule has 2 aliphatic rings. The number of hydrogen-bond acceptors (Lipinski definition) is 5. The highest BCUT2D eigenvalue weighted by Gasteiger charge is 2.29. The fourth-order valence-corrected chi connectivity index (χ4v) is 7.71. The molecule has 220 valence electrons. The summed E-state index contributed by atoms with van der Waals surface area (Å²) in [6, 6.07) is 19.6. The van der Waals surface area contributed by atoms with Gasteiger partial charge in [0.2, 0.25) is 5.91 Å². The summed E-state index contributed by atoms with van der Waals surface area (Å²) in [5.41, 5.74) is 6.00. The number of carboxylic acids is 1. The number of nitrogens with zero attached hydrogens (tertiary/aromatic N) is 3. The number of hydrogen-bond donors (Lipinski definition) is 1. The van der Waals surface area contributed by atoms with Gasteiger partial charge in [-0.3, -0.25) is 4.79 Å². The Morgan fingerprint density at radius 3 is 2.53 bits per heavy atom. The quantitative estimate of drug-likeness (QED) is 0.211. The van der Waals surface area contributed by atoms with Crippen molar-refractivity contribution in [2.75, 3.05) is 26.3 Å². The Bertz CT molecular complexity index is 1850. The molecule has 0 spiro atoms. The number of halogens is 1. The van der Waals surface area contributed by atoms with E-state index in [9.17, 15) is 14.7 Å². The lowest BCUT2D eigenvalue weighted by Crippen LogP contribution is -2.42. The number of pyridine rings is 1. The highest BCUT2D eigenvalue weighted by molar-refractivity contribution is 7.19. The normalized spacial score (nSPS) is 16.3. The Kier molecular flexibility index (Phi) is 7.67. The maximum absolute atomic E-state index is 13.7. The molecular formula is C34H32ClN3O4S. The molecule has 0 bridgehead atoms. The molecule has 3 aromatic heterocycles. The zero-order chi connectivity index (χ0) is 29.5. The molecule has 1 saturated heterocycles. The van der Waals surface area contributed by atoms with Gasteiger partial charge in [-0.1, -0.05) is 49.1 Å². The summed E-state index contributed by atoms with van der Waals surface area (Å²) in [6.45, 7) is 2.30. The highest BCUT2D eigenvalue weighted by atomic mass is 35.5. The predicted octanol–water partition coefficient (Wildman–Crippen LogP) is 7.84. The molecule has 2 aromatic carbocycles. The molecule has 1 saturated carbocycles. The third kappa shape index (κ3) is 5.44. The van der Waals surface area contributed by atoms with Crippen molar-refractivity contribution in [3.63, 3.8) is 0 Å². The van der Waals surface area contributed by atoms with Crippen molar-refractivity contribution in [1.29, 1.82) is 0 Å². The second kappa shape index (κ2) is 11.8. The van der Waals surface area contributed by atoms with Crippen LogP contribution in [0.25, 0.3) is 43.6 Å². The van der Waals surface area contributed by atoms with Gasteiger partial charge in [0, 0.05) is 23.9 Å². The first kappa shape index (κ1) is 28.1. The van der Waals surface area contributed by atoms with E-state index in [4.69, 9.17) is 21.3 Å². The number of carbonyl (C=O) groups is 2. The first-order valence-corrected chi connectivity index (χ1v) is 16.1. The van der Waals surface area contributed by atoms with Crippen LogP contribution in [0.3, 0.4) is 0 Å². The van der Waals surface area contributed by atoms with Gasteiger partial charge in [0.25, 0.3) is 0 Å². The third-order valence-corrected chi connectivity index (χ3v) is 10.1. The molecule has 5 aromatic rings. The predicted molar refractivity (Wildman–Crippen MR) is 171 cm³/mol. The number of carbonyl (C=O) groups excluding carboxylic acids is 1. The number of aromatic nitrogens is 2. The summed E-state index contributed by atoms with van der Waals surface area (Å²) in [7, 11) is 0. The maximum atomic E-state index is 13.7. The molecule has 0 unspecified atom stereocenters. The van der Waals surface area contributed by atoms with Gasteiger partial charge in [-0.15, -0.1) is 11.3 Å². The van der Waals surface area contributed by atoms with Gasteiger partial charge >= 0.3 is 5.97 Å². The van der Waals surface area contributed by atoms with E-state index >= 15 is 0 Å². The molecule has 1 aliphatic carbocycles. The average Bonchev–Trinajstić information content (AvgIpc) is 3.62. The van der Waals surface area contributed by atoms with Gasteiger partial charge in [-0.05, 0) is 72.4 Å². The first-order chi connectivity index (χ1) is 21.0.